The highest BCUT2D eigenvalue weighted by Gasteiger charge is 2.46. The van der Waals surface area contributed by atoms with E-state index in [0.717, 1.165) is 30.5 Å². The Balaban J connectivity index is 1.23. The maximum absolute atomic E-state index is 12.7. The molecule has 0 radical (unpaired) electrons. The van der Waals surface area contributed by atoms with Crippen molar-refractivity contribution in [1.82, 2.24) is 5.32 Å². The Kier molecular flexibility index (Phi) is 7.00. The van der Waals surface area contributed by atoms with Gasteiger partial charge in [-0.3, -0.25) is 4.79 Å². The first-order valence-electron chi connectivity index (χ1n) is 12.3. The molecule has 2 heterocycles. The summed E-state index contributed by atoms with van der Waals surface area (Å²) in [5, 5.41) is 18.0. The van der Waals surface area contributed by atoms with Crippen molar-refractivity contribution in [2.45, 2.75) is 56.1 Å². The van der Waals surface area contributed by atoms with Gasteiger partial charge in [0.1, 0.15) is 18.0 Å². The van der Waals surface area contributed by atoms with Gasteiger partial charge in [-0.25, -0.2) is 4.79 Å². The van der Waals surface area contributed by atoms with Crippen LogP contribution in [0.2, 0.25) is 0 Å². The molecule has 37 heavy (non-hydrogen) atoms. The Morgan fingerprint density at radius 2 is 1.73 bits per heavy atom. The standard InChI is InChI=1S/C26H28F3N3O5/c27-26(28,29)15-3-5-16(6-4-15)31-25(35)32-17-7-8-21-19(9-17)20-10-18(36-22(13-33)24(20)37-21)11-23(34)30-12-14-1-2-14/h3-9,14,18,20,22,24,33H,1-2,10-13H2,(H,30,34)(H2,31,32,35)/t18-,20-,22+,24+/m1/s1. The third-order valence-electron chi connectivity index (χ3n) is 6.93. The van der Waals surface area contributed by atoms with E-state index in [1.54, 1.807) is 18.2 Å². The van der Waals surface area contributed by atoms with E-state index < -0.39 is 30.0 Å². The zero-order valence-corrected chi connectivity index (χ0v) is 19.9. The number of benzene rings is 2. The summed E-state index contributed by atoms with van der Waals surface area (Å²) in [6.45, 7) is 0.423. The van der Waals surface area contributed by atoms with Crippen LogP contribution in [-0.4, -0.2) is 48.5 Å². The van der Waals surface area contributed by atoms with Crippen molar-refractivity contribution in [2.24, 2.45) is 5.92 Å². The minimum absolute atomic E-state index is 0.0819. The van der Waals surface area contributed by atoms with Gasteiger partial charge in [0, 0.05) is 29.4 Å². The largest absolute Gasteiger partial charge is 0.487 e. The second-order valence-electron chi connectivity index (χ2n) is 9.76. The number of hydrogen-bond donors (Lipinski definition) is 4. The Morgan fingerprint density at radius 1 is 1.03 bits per heavy atom. The average molecular weight is 520 g/mol. The lowest BCUT2D eigenvalue weighted by Gasteiger charge is -2.37. The van der Waals surface area contributed by atoms with Crippen LogP contribution < -0.4 is 20.7 Å². The molecule has 2 aromatic carbocycles. The molecule has 3 aliphatic rings. The monoisotopic (exact) mass is 519 g/mol. The first-order chi connectivity index (χ1) is 17.7. The highest BCUT2D eigenvalue weighted by molar-refractivity contribution is 5.99. The third kappa shape index (κ3) is 5.99. The summed E-state index contributed by atoms with van der Waals surface area (Å²) < 4.78 is 50.3. The molecule has 1 saturated carbocycles. The number of alkyl halides is 3. The molecule has 2 aromatic rings. The zero-order valence-electron chi connectivity index (χ0n) is 19.9. The van der Waals surface area contributed by atoms with Gasteiger partial charge in [0.2, 0.25) is 5.91 Å². The number of fused-ring (bicyclic) bond motifs is 3. The molecule has 4 N–H and O–H groups in total. The summed E-state index contributed by atoms with van der Waals surface area (Å²) >= 11 is 0. The maximum Gasteiger partial charge on any atom is 0.416 e. The fraction of sp³-hybridized carbons (Fsp3) is 0.462. The van der Waals surface area contributed by atoms with Crippen LogP contribution in [0.5, 0.6) is 5.75 Å². The Bertz CT molecular complexity index is 1150. The van der Waals surface area contributed by atoms with Crippen LogP contribution in [0.1, 0.15) is 42.7 Å². The molecule has 4 atom stereocenters. The Labute approximate surface area is 211 Å². The van der Waals surface area contributed by atoms with Crippen molar-refractivity contribution in [3.63, 3.8) is 0 Å². The van der Waals surface area contributed by atoms with Crippen LogP contribution in [0, 0.1) is 5.92 Å². The molecule has 1 saturated heterocycles. The lowest BCUT2D eigenvalue weighted by molar-refractivity contribution is -0.142. The van der Waals surface area contributed by atoms with E-state index in [2.05, 4.69) is 16.0 Å². The molecule has 0 spiro atoms. The summed E-state index contributed by atoms with van der Waals surface area (Å²) in [5.74, 6) is 0.969. The minimum atomic E-state index is -4.45. The summed E-state index contributed by atoms with van der Waals surface area (Å²) in [6, 6.07) is 8.69. The van der Waals surface area contributed by atoms with Gasteiger partial charge in [-0.2, -0.15) is 13.2 Å². The van der Waals surface area contributed by atoms with Crippen molar-refractivity contribution in [3.05, 3.63) is 53.6 Å². The number of carbonyl (C=O) groups excluding carboxylic acids is 2. The van der Waals surface area contributed by atoms with E-state index >= 15 is 0 Å². The number of hydrogen-bond acceptors (Lipinski definition) is 5. The predicted octanol–water partition coefficient (Wildman–Crippen LogP) is 4.26. The van der Waals surface area contributed by atoms with E-state index in [0.29, 0.717) is 30.3 Å². The predicted molar refractivity (Wildman–Crippen MR) is 128 cm³/mol. The fourth-order valence-electron chi connectivity index (χ4n) is 4.86. The third-order valence-corrected chi connectivity index (χ3v) is 6.93. The van der Waals surface area contributed by atoms with Crippen LogP contribution in [0.4, 0.5) is 29.3 Å². The molecule has 2 fully saturated rings. The van der Waals surface area contributed by atoms with Gasteiger partial charge >= 0.3 is 12.2 Å². The molecule has 198 valence electrons. The molecule has 5 rings (SSSR count). The van der Waals surface area contributed by atoms with E-state index in [-0.39, 0.29) is 36.6 Å². The number of anilines is 2. The lowest BCUT2D eigenvalue weighted by atomic mass is 9.84. The zero-order chi connectivity index (χ0) is 26.2. The number of ether oxygens (including phenoxy) is 2. The SMILES string of the molecule is O=C(C[C@H]1C[C@@H]2c3cc(NC(=O)Nc4ccc(C(F)(F)F)cc4)ccc3O[C@@H]2[C@H](CO)O1)NCC1CC1. The second-order valence-corrected chi connectivity index (χ2v) is 9.76. The van der Waals surface area contributed by atoms with E-state index in [4.69, 9.17) is 9.47 Å². The summed E-state index contributed by atoms with van der Waals surface area (Å²) in [4.78, 5) is 24.8. The van der Waals surface area contributed by atoms with Crippen LogP contribution >= 0.6 is 0 Å². The number of rotatable bonds is 7. The van der Waals surface area contributed by atoms with Gasteiger partial charge in [-0.15, -0.1) is 0 Å². The van der Waals surface area contributed by atoms with Gasteiger partial charge in [0.15, 0.2) is 0 Å². The first kappa shape index (κ1) is 25.3. The summed E-state index contributed by atoms with van der Waals surface area (Å²) in [5.41, 5.74) is 0.719. The number of carbonyl (C=O) groups is 2. The van der Waals surface area contributed by atoms with Crippen molar-refractivity contribution >= 4 is 23.3 Å². The molecule has 3 amide bonds. The van der Waals surface area contributed by atoms with Crippen LogP contribution in [0.25, 0.3) is 0 Å². The lowest BCUT2D eigenvalue weighted by Crippen LogP contribution is -2.47. The molecule has 2 aliphatic heterocycles. The van der Waals surface area contributed by atoms with Gasteiger partial charge in [-0.05, 0) is 67.6 Å². The highest BCUT2D eigenvalue weighted by Crippen LogP contribution is 2.47. The van der Waals surface area contributed by atoms with Crippen molar-refractivity contribution < 1.29 is 37.3 Å². The molecule has 0 aromatic heterocycles. The number of nitrogens with one attached hydrogen (secondary N) is 3. The first-order valence-corrected chi connectivity index (χ1v) is 12.3. The van der Waals surface area contributed by atoms with E-state index in [9.17, 15) is 27.9 Å². The molecule has 0 unspecified atom stereocenters. The number of amides is 3. The Hall–Kier alpha value is -3.31. The number of aliphatic hydroxyl groups excluding tert-OH is 1. The van der Waals surface area contributed by atoms with Gasteiger partial charge < -0.3 is 30.5 Å². The van der Waals surface area contributed by atoms with Gasteiger partial charge in [0.05, 0.1) is 24.7 Å². The topological polar surface area (TPSA) is 109 Å². The molecule has 1 aliphatic carbocycles. The number of aliphatic hydroxyl groups is 1. The molecular formula is C26H28F3N3O5. The van der Waals surface area contributed by atoms with Gasteiger partial charge in [0.25, 0.3) is 0 Å². The van der Waals surface area contributed by atoms with Crippen LogP contribution in [0.3, 0.4) is 0 Å². The second kappa shape index (κ2) is 10.2. The Morgan fingerprint density at radius 3 is 2.41 bits per heavy atom. The summed E-state index contributed by atoms with van der Waals surface area (Å²) in [7, 11) is 0. The summed E-state index contributed by atoms with van der Waals surface area (Å²) in [6.07, 6.45) is -2.85. The maximum atomic E-state index is 12.7. The molecule has 0 bridgehead atoms. The van der Waals surface area contributed by atoms with Crippen LogP contribution in [-0.2, 0) is 15.7 Å². The highest BCUT2D eigenvalue weighted by atomic mass is 19.4. The fourth-order valence-corrected chi connectivity index (χ4v) is 4.86. The van der Waals surface area contributed by atoms with E-state index in [1.165, 1.54) is 12.1 Å². The van der Waals surface area contributed by atoms with Crippen molar-refractivity contribution in [1.29, 1.82) is 0 Å². The van der Waals surface area contributed by atoms with Crippen molar-refractivity contribution in [3.8, 4) is 5.75 Å². The van der Waals surface area contributed by atoms with Crippen LogP contribution in [0.15, 0.2) is 42.5 Å². The number of urea groups is 1. The smallest absolute Gasteiger partial charge is 0.416 e. The number of halogens is 3. The molecule has 8 nitrogen and oxygen atoms in total. The van der Waals surface area contributed by atoms with Crippen molar-refractivity contribution in [2.75, 3.05) is 23.8 Å². The molecule has 11 heteroatoms. The van der Waals surface area contributed by atoms with E-state index in [1.807, 2.05) is 0 Å². The average Bonchev–Trinajstić information content (AvgIpc) is 3.62. The minimum Gasteiger partial charge on any atom is -0.487 e. The van der Waals surface area contributed by atoms with Gasteiger partial charge in [-0.1, -0.05) is 0 Å². The normalized spacial score (nSPS) is 24.4. The quantitative estimate of drug-likeness (QED) is 0.437. The molecular weight excluding hydrogens is 491 g/mol.